The zero-order valence-corrected chi connectivity index (χ0v) is 22.9. The average molecular weight is 563 g/mol. The minimum Gasteiger partial charge on any atom is -0.355 e. The lowest BCUT2D eigenvalue weighted by Gasteiger charge is -2.33. The van der Waals surface area contributed by atoms with E-state index >= 15 is 0 Å². The third kappa shape index (κ3) is 7.03. The van der Waals surface area contributed by atoms with Gasteiger partial charge in [-0.2, -0.15) is 0 Å². The van der Waals surface area contributed by atoms with Crippen molar-refractivity contribution in [1.29, 1.82) is 0 Å². The molecule has 3 aromatic rings. The topological polar surface area (TPSA) is 86.8 Å². The average Bonchev–Trinajstić information content (AvgIpc) is 2.88. The number of carbonyl (C=O) groups is 2. The number of anilines is 1. The summed E-state index contributed by atoms with van der Waals surface area (Å²) in [5.74, 6) is -0.886. The lowest BCUT2D eigenvalue weighted by atomic mass is 10.1. The molecule has 1 unspecified atom stereocenters. The second-order valence-corrected chi connectivity index (χ2v) is 10.9. The Morgan fingerprint density at radius 3 is 2.22 bits per heavy atom. The van der Waals surface area contributed by atoms with Crippen molar-refractivity contribution in [2.45, 2.75) is 37.8 Å². The summed E-state index contributed by atoms with van der Waals surface area (Å²) >= 11 is 12.5. The molecule has 10 heteroatoms. The summed E-state index contributed by atoms with van der Waals surface area (Å²) in [6.07, 6.45) is 0.324. The fraction of sp³-hybridized carbons (Fsp3) is 0.259. The molecular weight excluding hydrogens is 533 g/mol. The molecule has 0 aromatic heterocycles. The Morgan fingerprint density at radius 1 is 0.919 bits per heavy atom. The predicted octanol–water partition coefficient (Wildman–Crippen LogP) is 5.13. The molecule has 0 aliphatic carbocycles. The van der Waals surface area contributed by atoms with Crippen molar-refractivity contribution in [3.8, 4) is 0 Å². The molecule has 2 amide bonds. The number of benzene rings is 3. The number of halogens is 2. The zero-order valence-electron chi connectivity index (χ0n) is 20.6. The van der Waals surface area contributed by atoms with Crippen molar-refractivity contribution in [2.75, 3.05) is 17.4 Å². The van der Waals surface area contributed by atoms with Gasteiger partial charge in [-0.25, -0.2) is 8.42 Å². The minimum atomic E-state index is -4.14. The van der Waals surface area contributed by atoms with E-state index in [2.05, 4.69) is 5.32 Å². The van der Waals surface area contributed by atoms with Crippen LogP contribution in [0.25, 0.3) is 0 Å². The molecule has 0 saturated carbocycles. The SMILES string of the molecule is CCNC(=O)C(CC)N(Cc1ccccc1Cl)C(=O)CN(c1cccc(Cl)c1)S(=O)(=O)c1ccccc1. The largest absolute Gasteiger partial charge is 0.355 e. The Bertz CT molecular complexity index is 1340. The van der Waals surface area contributed by atoms with E-state index in [1.165, 1.54) is 23.1 Å². The molecule has 3 aromatic carbocycles. The highest BCUT2D eigenvalue weighted by molar-refractivity contribution is 7.92. The van der Waals surface area contributed by atoms with Crippen LogP contribution >= 0.6 is 23.2 Å². The molecule has 1 atom stereocenters. The van der Waals surface area contributed by atoms with Crippen LogP contribution in [-0.4, -0.2) is 44.3 Å². The van der Waals surface area contributed by atoms with Gasteiger partial charge in [-0.05, 0) is 55.3 Å². The number of nitrogens with zero attached hydrogens (tertiary/aromatic N) is 2. The Kier molecular flexibility index (Phi) is 9.97. The van der Waals surface area contributed by atoms with Crippen molar-refractivity contribution in [3.05, 3.63) is 94.5 Å². The summed E-state index contributed by atoms with van der Waals surface area (Å²) in [6, 6.07) is 20.3. The highest BCUT2D eigenvalue weighted by atomic mass is 35.5. The third-order valence-electron chi connectivity index (χ3n) is 5.74. The molecule has 0 aliphatic heterocycles. The number of carbonyl (C=O) groups excluding carboxylic acids is 2. The molecule has 0 bridgehead atoms. The molecule has 196 valence electrons. The lowest BCUT2D eigenvalue weighted by Crippen LogP contribution is -2.52. The molecule has 0 saturated heterocycles. The van der Waals surface area contributed by atoms with Crippen LogP contribution in [-0.2, 0) is 26.2 Å². The van der Waals surface area contributed by atoms with Gasteiger partial charge in [-0.15, -0.1) is 0 Å². The summed E-state index contributed by atoms with van der Waals surface area (Å²) in [7, 11) is -4.14. The number of nitrogens with one attached hydrogen (secondary N) is 1. The first kappa shape index (κ1) is 28.5. The first-order valence-corrected chi connectivity index (χ1v) is 14.0. The van der Waals surface area contributed by atoms with Crippen molar-refractivity contribution < 1.29 is 18.0 Å². The molecule has 1 N–H and O–H groups in total. The minimum absolute atomic E-state index is 0.0243. The highest BCUT2D eigenvalue weighted by Crippen LogP contribution is 2.27. The number of sulfonamides is 1. The summed E-state index contributed by atoms with van der Waals surface area (Å²) in [5.41, 5.74) is 0.869. The number of amides is 2. The number of hydrogen-bond acceptors (Lipinski definition) is 4. The smallest absolute Gasteiger partial charge is 0.264 e. The molecule has 0 radical (unpaired) electrons. The summed E-state index contributed by atoms with van der Waals surface area (Å²) in [4.78, 5) is 28.2. The van der Waals surface area contributed by atoms with Gasteiger partial charge in [0.2, 0.25) is 11.8 Å². The van der Waals surface area contributed by atoms with Crippen LogP contribution in [0.3, 0.4) is 0 Å². The zero-order chi connectivity index (χ0) is 27.0. The van der Waals surface area contributed by atoms with E-state index in [0.717, 1.165) is 4.31 Å². The van der Waals surface area contributed by atoms with E-state index in [1.54, 1.807) is 74.5 Å². The maximum Gasteiger partial charge on any atom is 0.264 e. The fourth-order valence-corrected chi connectivity index (χ4v) is 5.71. The number of rotatable bonds is 11. The van der Waals surface area contributed by atoms with Crippen molar-refractivity contribution in [1.82, 2.24) is 10.2 Å². The molecule has 3 rings (SSSR count). The van der Waals surface area contributed by atoms with E-state index in [-0.39, 0.29) is 23.0 Å². The van der Waals surface area contributed by atoms with Gasteiger partial charge in [-0.1, -0.05) is 72.6 Å². The van der Waals surface area contributed by atoms with Crippen LogP contribution in [0.1, 0.15) is 25.8 Å². The molecule has 0 spiro atoms. The Hall–Kier alpha value is -3.07. The first-order valence-electron chi connectivity index (χ1n) is 11.8. The van der Waals surface area contributed by atoms with Gasteiger partial charge in [0.05, 0.1) is 10.6 Å². The van der Waals surface area contributed by atoms with Crippen molar-refractivity contribution in [2.24, 2.45) is 0 Å². The lowest BCUT2D eigenvalue weighted by molar-refractivity contribution is -0.140. The van der Waals surface area contributed by atoms with Gasteiger partial charge in [0.1, 0.15) is 12.6 Å². The van der Waals surface area contributed by atoms with E-state index in [9.17, 15) is 18.0 Å². The van der Waals surface area contributed by atoms with Crippen LogP contribution < -0.4 is 9.62 Å². The second kappa shape index (κ2) is 12.9. The van der Waals surface area contributed by atoms with Gasteiger partial charge in [0, 0.05) is 23.1 Å². The van der Waals surface area contributed by atoms with Gasteiger partial charge in [-0.3, -0.25) is 13.9 Å². The van der Waals surface area contributed by atoms with E-state index in [4.69, 9.17) is 23.2 Å². The van der Waals surface area contributed by atoms with Gasteiger partial charge < -0.3 is 10.2 Å². The van der Waals surface area contributed by atoms with Crippen LogP contribution in [0.15, 0.2) is 83.8 Å². The summed E-state index contributed by atoms with van der Waals surface area (Å²) in [6.45, 7) is 3.46. The van der Waals surface area contributed by atoms with E-state index in [1.807, 2.05) is 0 Å². The fourth-order valence-electron chi connectivity index (χ4n) is 3.90. The maximum absolute atomic E-state index is 13.9. The number of likely N-dealkylation sites (N-methyl/N-ethyl adjacent to an activating group) is 1. The maximum atomic E-state index is 13.9. The molecule has 0 aliphatic rings. The van der Waals surface area contributed by atoms with Crippen LogP contribution in [0.4, 0.5) is 5.69 Å². The standard InChI is InChI=1S/C27H29Cl2N3O4S/c1-3-25(27(34)30-4-2)31(18-20-11-8-9-16-24(20)29)26(33)19-32(22-13-10-12-21(28)17-22)37(35,36)23-14-6-5-7-15-23/h5-17,25H,3-4,18-19H2,1-2H3,(H,30,34). The monoisotopic (exact) mass is 561 g/mol. The van der Waals surface area contributed by atoms with Gasteiger partial charge in [0.25, 0.3) is 10.0 Å². The summed E-state index contributed by atoms with van der Waals surface area (Å²) < 4.78 is 28.4. The third-order valence-corrected chi connectivity index (χ3v) is 8.13. The van der Waals surface area contributed by atoms with Gasteiger partial charge in [0.15, 0.2) is 0 Å². The van der Waals surface area contributed by atoms with Crippen LogP contribution in [0.5, 0.6) is 0 Å². The second-order valence-electron chi connectivity index (χ2n) is 8.24. The molecule has 0 fully saturated rings. The molecule has 37 heavy (non-hydrogen) atoms. The normalized spacial score (nSPS) is 12.0. The molecule has 0 heterocycles. The quantitative estimate of drug-likeness (QED) is 0.351. The Morgan fingerprint density at radius 2 is 1.59 bits per heavy atom. The highest BCUT2D eigenvalue weighted by Gasteiger charge is 2.33. The number of hydrogen-bond donors (Lipinski definition) is 1. The van der Waals surface area contributed by atoms with Gasteiger partial charge >= 0.3 is 0 Å². The summed E-state index contributed by atoms with van der Waals surface area (Å²) in [5, 5.41) is 3.52. The predicted molar refractivity (Wildman–Crippen MR) is 147 cm³/mol. The molecule has 7 nitrogen and oxygen atoms in total. The Balaban J connectivity index is 2.06. The Labute approximate surface area is 228 Å². The van der Waals surface area contributed by atoms with E-state index < -0.39 is 28.5 Å². The molecular formula is C27H29Cl2N3O4S. The van der Waals surface area contributed by atoms with E-state index in [0.29, 0.717) is 28.6 Å². The van der Waals surface area contributed by atoms with Crippen LogP contribution in [0.2, 0.25) is 10.0 Å². The van der Waals surface area contributed by atoms with Crippen molar-refractivity contribution in [3.63, 3.8) is 0 Å². The first-order chi connectivity index (χ1) is 17.7. The van der Waals surface area contributed by atoms with Crippen molar-refractivity contribution >= 4 is 50.7 Å². The van der Waals surface area contributed by atoms with Crippen LogP contribution in [0, 0.1) is 0 Å².